The van der Waals surface area contributed by atoms with Gasteiger partial charge in [0.05, 0.1) is 19.4 Å². The number of rotatable bonds is 14. The van der Waals surface area contributed by atoms with E-state index in [2.05, 4.69) is 21.6 Å². The van der Waals surface area contributed by atoms with Gasteiger partial charge in [0.2, 0.25) is 0 Å². The second-order valence-corrected chi connectivity index (χ2v) is 10.1. The van der Waals surface area contributed by atoms with Crippen molar-refractivity contribution in [3.05, 3.63) is 102 Å². The van der Waals surface area contributed by atoms with Crippen LogP contribution in [0.15, 0.2) is 90.7 Å². The zero-order valence-electron chi connectivity index (χ0n) is 26.2. The molecule has 0 atom stereocenters. The van der Waals surface area contributed by atoms with Gasteiger partial charge in [-0.15, -0.1) is 0 Å². The monoisotopic (exact) mass is 596 g/mol. The number of ether oxygens (including phenoxy) is 2. The first-order valence-electron chi connectivity index (χ1n) is 13.5. The van der Waals surface area contributed by atoms with E-state index in [9.17, 15) is 14.0 Å². The fraction of sp³-hybridized carbons (Fsp3) is 0.333. The smallest absolute Gasteiger partial charge is 0.307 e. The third-order valence-corrected chi connectivity index (χ3v) is 5.44. The summed E-state index contributed by atoms with van der Waals surface area (Å²) in [6.07, 6.45) is 8.92. The molecule has 10 heteroatoms. The van der Waals surface area contributed by atoms with Crippen molar-refractivity contribution in [2.24, 2.45) is 0 Å². The van der Waals surface area contributed by atoms with Crippen LogP contribution in [0, 0.1) is 12.3 Å². The molecule has 0 aliphatic heterocycles. The summed E-state index contributed by atoms with van der Waals surface area (Å²) in [7, 11) is 3.58. The molecule has 0 saturated heterocycles. The van der Waals surface area contributed by atoms with E-state index in [0.29, 0.717) is 37.5 Å². The van der Waals surface area contributed by atoms with Crippen LogP contribution in [0.25, 0.3) is 5.57 Å². The van der Waals surface area contributed by atoms with Crippen LogP contribution >= 0.6 is 0 Å². The molecule has 0 spiro atoms. The molecular weight excluding hydrogens is 551 g/mol. The van der Waals surface area contributed by atoms with Gasteiger partial charge in [0, 0.05) is 50.1 Å². The third-order valence-electron chi connectivity index (χ3n) is 5.44. The van der Waals surface area contributed by atoms with Crippen LogP contribution in [0.4, 0.5) is 10.2 Å². The van der Waals surface area contributed by atoms with Gasteiger partial charge >= 0.3 is 5.97 Å². The summed E-state index contributed by atoms with van der Waals surface area (Å²) in [6, 6.07) is 9.20. The number of anilines is 1. The molecular formula is C33H45FN4O5. The summed E-state index contributed by atoms with van der Waals surface area (Å²) in [5.41, 5.74) is 4.11. The van der Waals surface area contributed by atoms with Crippen LogP contribution in [0.3, 0.4) is 0 Å². The molecule has 0 bridgehead atoms. The zero-order chi connectivity index (χ0) is 32.8. The third kappa shape index (κ3) is 17.8. The number of carboxylic acid groups (broad SMARTS) is 1. The van der Waals surface area contributed by atoms with Gasteiger partial charge in [0.15, 0.2) is 0 Å². The Balaban J connectivity index is 0.00000223. The number of hydrogen-bond donors (Lipinski definition) is 3. The number of carbonyl (C=O) groups is 2. The summed E-state index contributed by atoms with van der Waals surface area (Å²) in [5.74, 6) is -0.503. The summed E-state index contributed by atoms with van der Waals surface area (Å²) < 4.78 is 22.6. The van der Waals surface area contributed by atoms with Gasteiger partial charge in [-0.2, -0.15) is 0 Å². The molecule has 9 nitrogen and oxygen atoms in total. The second-order valence-electron chi connectivity index (χ2n) is 10.1. The Bertz CT molecular complexity index is 1260. The minimum absolute atomic E-state index is 0.136. The van der Waals surface area contributed by atoms with Gasteiger partial charge in [-0.1, -0.05) is 36.9 Å². The number of methoxy groups -OCH3 is 1. The van der Waals surface area contributed by atoms with Crippen molar-refractivity contribution in [3.63, 3.8) is 0 Å². The van der Waals surface area contributed by atoms with E-state index < -0.39 is 5.97 Å². The second kappa shape index (κ2) is 21.2. The predicted octanol–water partition coefficient (Wildman–Crippen LogP) is 6.80. The largest absolute Gasteiger partial charge is 0.481 e. The number of halogens is 1. The SMILES string of the molecule is C=C(/C(C)=C(\C=N)c1ccccnc(NC(/C=C/F)=C/C=C/CC(=O)O)cc(C)c1)N(C)CCOC.CC(C)(C)OC=O. The minimum atomic E-state index is -0.954. The Labute approximate surface area is 255 Å². The lowest BCUT2D eigenvalue weighted by molar-refractivity contribution is -0.139. The first-order chi connectivity index (χ1) is 20.3. The molecule has 0 unspecified atom stereocenters. The summed E-state index contributed by atoms with van der Waals surface area (Å²) in [6.45, 7) is 15.2. The molecule has 0 aliphatic rings. The number of carbonyl (C=O) groups excluding carboxylic acids is 1. The minimum Gasteiger partial charge on any atom is -0.481 e. The molecule has 0 aliphatic carbocycles. The maximum atomic E-state index is 12.9. The van der Waals surface area contributed by atoms with E-state index in [4.69, 9.17) is 15.3 Å². The first-order valence-corrected chi connectivity index (χ1v) is 13.5. The highest BCUT2D eigenvalue weighted by molar-refractivity contribution is 6.10. The van der Waals surface area contributed by atoms with E-state index >= 15 is 0 Å². The molecule has 3 N–H and O–H groups in total. The van der Waals surface area contributed by atoms with Crippen molar-refractivity contribution in [3.8, 4) is 0 Å². The van der Waals surface area contributed by atoms with Crippen LogP contribution in [0.5, 0.6) is 0 Å². The highest BCUT2D eigenvalue weighted by Crippen LogP contribution is 2.23. The van der Waals surface area contributed by atoms with Crippen LogP contribution in [-0.2, 0) is 19.1 Å². The van der Waals surface area contributed by atoms with E-state index in [1.807, 2.05) is 64.8 Å². The molecule has 1 rings (SSSR count). The average Bonchev–Trinajstić information content (AvgIpc) is 2.92. The number of hydrogen-bond acceptors (Lipinski definition) is 8. The van der Waals surface area contributed by atoms with Crippen molar-refractivity contribution in [2.75, 3.05) is 32.6 Å². The van der Waals surface area contributed by atoms with E-state index in [0.717, 1.165) is 28.0 Å². The number of likely N-dealkylation sites (N-methyl/N-ethyl adjacent to an activating group) is 1. The average molecular weight is 597 g/mol. The molecule has 1 aromatic heterocycles. The lowest BCUT2D eigenvalue weighted by Crippen LogP contribution is -2.22. The van der Waals surface area contributed by atoms with Crippen molar-refractivity contribution in [1.29, 1.82) is 5.41 Å². The van der Waals surface area contributed by atoms with Gasteiger partial charge in [0.25, 0.3) is 6.47 Å². The van der Waals surface area contributed by atoms with E-state index in [-0.39, 0.29) is 12.0 Å². The molecule has 0 amide bonds. The number of nitrogens with one attached hydrogen (secondary N) is 2. The first kappa shape index (κ1) is 38.4. The molecule has 0 fully saturated rings. The van der Waals surface area contributed by atoms with Crippen LogP contribution < -0.4 is 5.32 Å². The maximum Gasteiger partial charge on any atom is 0.307 e. The van der Waals surface area contributed by atoms with Crippen molar-refractivity contribution in [2.45, 2.75) is 46.6 Å². The van der Waals surface area contributed by atoms with Crippen LogP contribution in [0.1, 0.15) is 45.2 Å². The van der Waals surface area contributed by atoms with Crippen LogP contribution in [0.2, 0.25) is 0 Å². The van der Waals surface area contributed by atoms with E-state index in [1.165, 1.54) is 24.4 Å². The quantitative estimate of drug-likeness (QED) is 0.122. The number of aromatic nitrogens is 1. The standard InChI is InChI=1S/C28H35FN4O3.C5H10O2/c1-21-18-24(26(20-30)22(2)23(3)33(4)16-17-36-5)10-8-9-15-31-27(19-21)32-25(13-14-29)11-6-7-12-28(34)35;1-5(2,3)7-4-6/h6-11,13-15,18-20,30H,3,12,16-17H2,1-2,4-5H3,(H,31,32)(H,34,35);4H,1-3H3/b7-6+,14-13+,25-11+,26-22+,30-20?;. The number of nitrogens with zero attached hydrogens (tertiary/aromatic N) is 2. The van der Waals surface area contributed by atoms with Gasteiger partial charge in [-0.05, 0) is 75.6 Å². The van der Waals surface area contributed by atoms with Gasteiger partial charge in [-0.3, -0.25) is 9.59 Å². The fourth-order valence-corrected chi connectivity index (χ4v) is 3.21. The number of allylic oxidation sites excluding steroid dienone is 5. The van der Waals surface area contributed by atoms with Crippen LogP contribution in [-0.4, -0.2) is 66.6 Å². The van der Waals surface area contributed by atoms with Gasteiger partial charge in [0.1, 0.15) is 11.4 Å². The summed E-state index contributed by atoms with van der Waals surface area (Å²) in [5, 5.41) is 19.9. The lowest BCUT2D eigenvalue weighted by Gasteiger charge is -2.23. The highest BCUT2D eigenvalue weighted by atomic mass is 19.1. The van der Waals surface area contributed by atoms with Gasteiger partial charge < -0.3 is 30.2 Å². The van der Waals surface area contributed by atoms with Gasteiger partial charge in [-0.25, -0.2) is 9.37 Å². The molecule has 43 heavy (non-hydrogen) atoms. The molecule has 0 saturated carbocycles. The Kier molecular flexibility index (Phi) is 18.9. The highest BCUT2D eigenvalue weighted by Gasteiger charge is 2.10. The maximum absolute atomic E-state index is 12.9. The molecule has 1 heterocycles. The Morgan fingerprint density at radius 1 is 1.28 bits per heavy atom. The number of aryl methyl sites for hydroxylation is 1. The topological polar surface area (TPSA) is 125 Å². The van der Waals surface area contributed by atoms with E-state index in [1.54, 1.807) is 31.5 Å². The molecule has 0 aromatic carbocycles. The fourth-order valence-electron chi connectivity index (χ4n) is 3.21. The number of aliphatic carboxylic acids is 1. The van der Waals surface area contributed by atoms with Crippen molar-refractivity contribution >= 4 is 30.0 Å². The molecule has 1 aromatic rings. The normalized spacial score (nSPS) is 12.0. The Hall–Kier alpha value is -4.57. The Morgan fingerprint density at radius 2 is 1.98 bits per heavy atom. The summed E-state index contributed by atoms with van der Waals surface area (Å²) in [4.78, 5) is 26.6. The zero-order valence-corrected chi connectivity index (χ0v) is 26.2. The molecule has 234 valence electrons. The van der Waals surface area contributed by atoms with Crippen molar-refractivity contribution < 1.29 is 28.6 Å². The lowest BCUT2D eigenvalue weighted by atomic mass is 9.99. The Morgan fingerprint density at radius 3 is 2.51 bits per heavy atom. The number of carboxylic acids is 1. The summed E-state index contributed by atoms with van der Waals surface area (Å²) >= 11 is 0. The predicted molar refractivity (Wildman–Crippen MR) is 172 cm³/mol. The van der Waals surface area contributed by atoms with Crippen molar-refractivity contribution in [1.82, 2.24) is 9.88 Å². The molecule has 0 radical (unpaired) electrons.